The van der Waals surface area contributed by atoms with E-state index < -0.39 is 0 Å². The Morgan fingerprint density at radius 3 is 2.90 bits per heavy atom. The minimum absolute atomic E-state index is 0.0935. The maximum Gasteiger partial charge on any atom is 0.220 e. The number of carbonyl (C=O) groups is 1. The lowest BCUT2D eigenvalue weighted by Gasteiger charge is -2.27. The number of hydrogen-bond donors (Lipinski definition) is 2. The molecule has 1 aromatic rings. The van der Waals surface area contributed by atoms with E-state index in [9.17, 15) is 4.79 Å². The van der Waals surface area contributed by atoms with Crippen LogP contribution in [0.2, 0.25) is 0 Å². The van der Waals surface area contributed by atoms with E-state index in [4.69, 9.17) is 4.74 Å². The van der Waals surface area contributed by atoms with Crippen molar-refractivity contribution in [3.05, 3.63) is 12.4 Å². The summed E-state index contributed by atoms with van der Waals surface area (Å²) in [5, 5.41) is 6.06. The molecule has 1 amide bonds. The number of hydrogen-bond acceptors (Lipinski definition) is 6. The Bertz CT molecular complexity index is 449. The molecule has 0 saturated carbocycles. The summed E-state index contributed by atoms with van der Waals surface area (Å²) >= 11 is 0. The molecule has 0 bridgehead atoms. The van der Waals surface area contributed by atoms with E-state index in [1.54, 1.807) is 6.33 Å². The molecule has 0 aliphatic carbocycles. The van der Waals surface area contributed by atoms with Gasteiger partial charge in [0, 0.05) is 38.7 Å². The molecule has 2 rings (SSSR count). The molecule has 21 heavy (non-hydrogen) atoms. The maximum atomic E-state index is 11.3. The molecule has 0 aromatic carbocycles. The summed E-state index contributed by atoms with van der Waals surface area (Å²) in [6.45, 7) is 6.40. The second-order valence-corrected chi connectivity index (χ2v) is 4.89. The highest BCUT2D eigenvalue weighted by molar-refractivity contribution is 5.75. The number of nitrogens with one attached hydrogen (secondary N) is 2. The molecule has 2 heterocycles. The van der Waals surface area contributed by atoms with Crippen molar-refractivity contribution < 1.29 is 9.53 Å². The van der Waals surface area contributed by atoms with Crippen molar-refractivity contribution in [2.45, 2.75) is 19.8 Å². The third-order valence-corrected chi connectivity index (χ3v) is 3.22. The molecule has 116 valence electrons. The Morgan fingerprint density at radius 2 is 2.14 bits per heavy atom. The molecule has 1 fully saturated rings. The van der Waals surface area contributed by atoms with Crippen molar-refractivity contribution in [3.8, 4) is 0 Å². The Labute approximate surface area is 125 Å². The van der Waals surface area contributed by atoms with Gasteiger partial charge in [0.25, 0.3) is 0 Å². The van der Waals surface area contributed by atoms with E-state index in [1.165, 1.54) is 0 Å². The molecular formula is C14H23N5O2. The van der Waals surface area contributed by atoms with Gasteiger partial charge in [0.15, 0.2) is 0 Å². The van der Waals surface area contributed by atoms with E-state index in [0.717, 1.165) is 44.4 Å². The zero-order valence-corrected chi connectivity index (χ0v) is 12.5. The summed E-state index contributed by atoms with van der Waals surface area (Å²) in [5.41, 5.74) is 0. The van der Waals surface area contributed by atoms with Crippen LogP contribution in [0.25, 0.3) is 0 Å². The highest BCUT2D eigenvalue weighted by Gasteiger charge is 2.12. The van der Waals surface area contributed by atoms with Crippen molar-refractivity contribution in [3.63, 3.8) is 0 Å². The first-order chi connectivity index (χ1) is 10.3. The highest BCUT2D eigenvalue weighted by Crippen LogP contribution is 2.14. The minimum atomic E-state index is 0.0935. The third kappa shape index (κ3) is 5.18. The van der Waals surface area contributed by atoms with Crippen LogP contribution in [0.1, 0.15) is 19.8 Å². The van der Waals surface area contributed by atoms with Gasteiger partial charge >= 0.3 is 0 Å². The number of ether oxygens (including phenoxy) is 1. The SMILES string of the molecule is CCCC(=O)NCCNc1cc(N2CCOCC2)ncn1. The Kier molecular flexibility index (Phi) is 6.21. The topological polar surface area (TPSA) is 79.4 Å². The average Bonchev–Trinajstić information content (AvgIpc) is 2.53. The van der Waals surface area contributed by atoms with Crippen LogP contribution in [0.3, 0.4) is 0 Å². The van der Waals surface area contributed by atoms with Crippen LogP contribution in [-0.2, 0) is 9.53 Å². The number of rotatable bonds is 7. The summed E-state index contributed by atoms with van der Waals surface area (Å²) in [6, 6.07) is 1.93. The van der Waals surface area contributed by atoms with Crippen molar-refractivity contribution >= 4 is 17.5 Å². The summed E-state index contributed by atoms with van der Waals surface area (Å²) in [7, 11) is 0. The van der Waals surface area contributed by atoms with Crippen molar-refractivity contribution in [1.29, 1.82) is 0 Å². The van der Waals surface area contributed by atoms with Gasteiger partial charge in [-0.15, -0.1) is 0 Å². The monoisotopic (exact) mass is 293 g/mol. The minimum Gasteiger partial charge on any atom is -0.378 e. The van der Waals surface area contributed by atoms with Crippen LogP contribution in [0.4, 0.5) is 11.6 Å². The quantitative estimate of drug-likeness (QED) is 0.718. The van der Waals surface area contributed by atoms with Gasteiger partial charge in [-0.05, 0) is 6.42 Å². The largest absolute Gasteiger partial charge is 0.378 e. The average molecular weight is 293 g/mol. The Morgan fingerprint density at radius 1 is 1.33 bits per heavy atom. The molecule has 0 spiro atoms. The smallest absolute Gasteiger partial charge is 0.220 e. The Balaban J connectivity index is 1.77. The van der Waals surface area contributed by atoms with Crippen LogP contribution in [0, 0.1) is 0 Å². The van der Waals surface area contributed by atoms with Gasteiger partial charge < -0.3 is 20.3 Å². The standard InChI is InChI=1S/C14H23N5O2/c1-2-3-14(20)16-5-4-15-12-10-13(18-11-17-12)19-6-8-21-9-7-19/h10-11H,2-9H2,1H3,(H,16,20)(H,15,17,18). The lowest BCUT2D eigenvalue weighted by molar-refractivity contribution is -0.121. The lowest BCUT2D eigenvalue weighted by atomic mass is 10.3. The van der Waals surface area contributed by atoms with E-state index in [0.29, 0.717) is 19.5 Å². The molecule has 0 atom stereocenters. The molecule has 7 nitrogen and oxygen atoms in total. The fraction of sp³-hybridized carbons (Fsp3) is 0.643. The first-order valence-electron chi connectivity index (χ1n) is 7.45. The van der Waals surface area contributed by atoms with Crippen molar-refractivity contribution in [1.82, 2.24) is 15.3 Å². The first-order valence-corrected chi connectivity index (χ1v) is 7.45. The fourth-order valence-corrected chi connectivity index (χ4v) is 2.12. The number of carbonyl (C=O) groups excluding carboxylic acids is 1. The highest BCUT2D eigenvalue weighted by atomic mass is 16.5. The molecule has 1 aliphatic heterocycles. The van der Waals surface area contributed by atoms with Gasteiger partial charge in [-0.1, -0.05) is 6.92 Å². The van der Waals surface area contributed by atoms with Gasteiger partial charge in [0.1, 0.15) is 18.0 Å². The van der Waals surface area contributed by atoms with Crippen LogP contribution in [0.5, 0.6) is 0 Å². The second-order valence-electron chi connectivity index (χ2n) is 4.89. The molecule has 1 aromatic heterocycles. The molecule has 1 aliphatic rings. The predicted molar refractivity (Wildman–Crippen MR) is 81.5 cm³/mol. The molecular weight excluding hydrogens is 270 g/mol. The second kappa shape index (κ2) is 8.41. The Hall–Kier alpha value is -1.89. The lowest BCUT2D eigenvalue weighted by Crippen LogP contribution is -2.36. The van der Waals surface area contributed by atoms with Crippen LogP contribution in [-0.4, -0.2) is 55.3 Å². The molecule has 0 radical (unpaired) electrons. The van der Waals surface area contributed by atoms with Crippen molar-refractivity contribution in [2.75, 3.05) is 49.6 Å². The van der Waals surface area contributed by atoms with Gasteiger partial charge in [0.2, 0.25) is 5.91 Å². The summed E-state index contributed by atoms with van der Waals surface area (Å²) in [6.07, 6.45) is 3.01. The fourth-order valence-electron chi connectivity index (χ4n) is 2.12. The number of aromatic nitrogens is 2. The third-order valence-electron chi connectivity index (χ3n) is 3.22. The molecule has 0 unspecified atom stereocenters. The van der Waals surface area contributed by atoms with E-state index in [-0.39, 0.29) is 5.91 Å². The summed E-state index contributed by atoms with van der Waals surface area (Å²) < 4.78 is 5.33. The maximum absolute atomic E-state index is 11.3. The van der Waals surface area contributed by atoms with Crippen LogP contribution in [0.15, 0.2) is 12.4 Å². The predicted octanol–water partition coefficient (Wildman–Crippen LogP) is 0.641. The molecule has 2 N–H and O–H groups in total. The number of nitrogens with zero attached hydrogens (tertiary/aromatic N) is 3. The number of anilines is 2. The molecule has 7 heteroatoms. The van der Waals surface area contributed by atoms with E-state index in [2.05, 4.69) is 25.5 Å². The van der Waals surface area contributed by atoms with Gasteiger partial charge in [-0.2, -0.15) is 0 Å². The number of amides is 1. The zero-order chi connectivity index (χ0) is 14.9. The summed E-state index contributed by atoms with van der Waals surface area (Å²) in [5.74, 6) is 1.78. The normalized spacial score (nSPS) is 14.8. The van der Waals surface area contributed by atoms with E-state index in [1.807, 2.05) is 13.0 Å². The number of morpholine rings is 1. The van der Waals surface area contributed by atoms with Gasteiger partial charge in [-0.3, -0.25) is 4.79 Å². The van der Waals surface area contributed by atoms with Crippen LogP contribution < -0.4 is 15.5 Å². The van der Waals surface area contributed by atoms with Crippen LogP contribution >= 0.6 is 0 Å². The summed E-state index contributed by atoms with van der Waals surface area (Å²) in [4.78, 5) is 22.0. The zero-order valence-electron chi connectivity index (χ0n) is 12.5. The van der Waals surface area contributed by atoms with E-state index >= 15 is 0 Å². The van der Waals surface area contributed by atoms with Gasteiger partial charge in [0.05, 0.1) is 13.2 Å². The van der Waals surface area contributed by atoms with Gasteiger partial charge in [-0.25, -0.2) is 9.97 Å². The first kappa shape index (κ1) is 15.5. The van der Waals surface area contributed by atoms with Crippen molar-refractivity contribution in [2.24, 2.45) is 0 Å². The molecule has 1 saturated heterocycles.